The summed E-state index contributed by atoms with van der Waals surface area (Å²) in [6.07, 6.45) is -1.58. The van der Waals surface area contributed by atoms with Crippen LogP contribution in [0.15, 0.2) is 0 Å². The molecule has 0 radical (unpaired) electrons. The molecule has 10 heavy (non-hydrogen) atoms. The molecule has 0 N–H and O–H groups in total. The van der Waals surface area contributed by atoms with E-state index in [-0.39, 0.29) is 12.9 Å². The first kappa shape index (κ1) is 9.07. The molecule has 0 rings (SSSR count). The van der Waals surface area contributed by atoms with E-state index in [0.29, 0.717) is 6.42 Å². The number of carbonyl (C=O) groups is 2. The van der Waals surface area contributed by atoms with Crippen molar-refractivity contribution in [1.29, 1.82) is 0 Å². The Morgan fingerprint density at radius 1 is 1.80 bits per heavy atom. The topological polar surface area (TPSA) is 43.4 Å². The van der Waals surface area contributed by atoms with Crippen LogP contribution in [0, 0.1) is 0 Å². The second-order valence-corrected chi connectivity index (χ2v) is 1.71. The van der Waals surface area contributed by atoms with Crippen molar-refractivity contribution in [2.75, 3.05) is 6.61 Å². The Bertz CT molecular complexity index is 124. The molecular formula is C6H9FO3. The van der Waals surface area contributed by atoms with E-state index in [1.807, 2.05) is 0 Å². The van der Waals surface area contributed by atoms with Crippen LogP contribution in [0.25, 0.3) is 0 Å². The van der Waals surface area contributed by atoms with Crippen molar-refractivity contribution in [3.05, 3.63) is 0 Å². The summed E-state index contributed by atoms with van der Waals surface area (Å²) in [6.45, 7) is 1.94. The summed E-state index contributed by atoms with van der Waals surface area (Å²) in [5.41, 5.74) is 0. The van der Waals surface area contributed by atoms with Gasteiger partial charge in [0.05, 0.1) is 6.61 Å². The smallest absolute Gasteiger partial charge is 0.348 e. The van der Waals surface area contributed by atoms with Crippen LogP contribution in [0.1, 0.15) is 13.3 Å². The van der Waals surface area contributed by atoms with Crippen molar-refractivity contribution in [2.45, 2.75) is 19.5 Å². The fourth-order valence-electron chi connectivity index (χ4n) is 0.338. The molecule has 0 spiro atoms. The second-order valence-electron chi connectivity index (χ2n) is 1.71. The van der Waals surface area contributed by atoms with E-state index in [4.69, 9.17) is 0 Å². The Labute approximate surface area is 58.2 Å². The standard InChI is InChI=1S/C6H9FO3/c1-2-3-10-6(9)5(7)4-8/h4-5H,2-3H2,1H3. The van der Waals surface area contributed by atoms with Gasteiger partial charge in [0, 0.05) is 0 Å². The first-order valence-electron chi connectivity index (χ1n) is 2.98. The van der Waals surface area contributed by atoms with Gasteiger partial charge in [0.25, 0.3) is 6.17 Å². The predicted octanol–water partition coefficient (Wildman–Crippen LogP) is 0.477. The van der Waals surface area contributed by atoms with E-state index in [2.05, 4.69) is 4.74 Å². The summed E-state index contributed by atoms with van der Waals surface area (Å²) in [5, 5.41) is 0. The van der Waals surface area contributed by atoms with Crippen LogP contribution < -0.4 is 0 Å². The zero-order chi connectivity index (χ0) is 7.98. The lowest BCUT2D eigenvalue weighted by molar-refractivity contribution is -0.150. The van der Waals surface area contributed by atoms with Crippen LogP contribution in [-0.4, -0.2) is 25.0 Å². The Hall–Kier alpha value is -0.930. The third-order valence-electron chi connectivity index (χ3n) is 0.793. The van der Waals surface area contributed by atoms with Gasteiger partial charge < -0.3 is 4.74 Å². The quantitative estimate of drug-likeness (QED) is 0.331. The lowest BCUT2D eigenvalue weighted by atomic mass is 10.4. The number of ether oxygens (including phenoxy) is 1. The minimum absolute atomic E-state index is 0.0853. The van der Waals surface area contributed by atoms with Gasteiger partial charge in [-0.3, -0.25) is 4.79 Å². The highest BCUT2D eigenvalue weighted by Gasteiger charge is 2.16. The summed E-state index contributed by atoms with van der Waals surface area (Å²) >= 11 is 0. The number of aldehydes is 1. The maximum absolute atomic E-state index is 12.0. The highest BCUT2D eigenvalue weighted by Crippen LogP contribution is 1.91. The highest BCUT2D eigenvalue weighted by atomic mass is 19.1. The molecule has 0 amide bonds. The Balaban J connectivity index is 3.51. The van der Waals surface area contributed by atoms with Crippen molar-refractivity contribution < 1.29 is 18.7 Å². The van der Waals surface area contributed by atoms with Gasteiger partial charge in [0.1, 0.15) is 0 Å². The van der Waals surface area contributed by atoms with Gasteiger partial charge in [-0.15, -0.1) is 0 Å². The molecule has 58 valence electrons. The molecule has 0 heterocycles. The van der Waals surface area contributed by atoms with Gasteiger partial charge >= 0.3 is 5.97 Å². The van der Waals surface area contributed by atoms with Crippen LogP contribution in [-0.2, 0) is 14.3 Å². The monoisotopic (exact) mass is 148 g/mol. The SMILES string of the molecule is CCCOC(=O)C(F)C=O. The van der Waals surface area contributed by atoms with E-state index < -0.39 is 12.1 Å². The fourth-order valence-corrected chi connectivity index (χ4v) is 0.338. The average molecular weight is 148 g/mol. The Kier molecular flexibility index (Phi) is 4.45. The summed E-state index contributed by atoms with van der Waals surface area (Å²) in [6, 6.07) is 0. The zero-order valence-corrected chi connectivity index (χ0v) is 5.67. The van der Waals surface area contributed by atoms with Gasteiger partial charge in [-0.2, -0.15) is 0 Å². The molecule has 0 aliphatic carbocycles. The van der Waals surface area contributed by atoms with Crippen LogP contribution in [0.2, 0.25) is 0 Å². The number of rotatable bonds is 4. The number of hydrogen-bond donors (Lipinski definition) is 0. The van der Waals surface area contributed by atoms with Gasteiger partial charge in [-0.1, -0.05) is 6.92 Å². The molecule has 0 saturated carbocycles. The normalized spacial score (nSPS) is 12.2. The molecular weight excluding hydrogens is 139 g/mol. The van der Waals surface area contributed by atoms with E-state index in [1.54, 1.807) is 6.92 Å². The fraction of sp³-hybridized carbons (Fsp3) is 0.667. The Morgan fingerprint density at radius 2 is 2.40 bits per heavy atom. The van der Waals surface area contributed by atoms with Crippen molar-refractivity contribution >= 4 is 12.3 Å². The van der Waals surface area contributed by atoms with E-state index >= 15 is 0 Å². The summed E-state index contributed by atoms with van der Waals surface area (Å²) in [4.78, 5) is 19.9. The van der Waals surface area contributed by atoms with Gasteiger partial charge in [-0.05, 0) is 6.42 Å². The molecule has 0 aromatic rings. The molecule has 4 heteroatoms. The first-order chi connectivity index (χ1) is 4.72. The van der Waals surface area contributed by atoms with Crippen molar-refractivity contribution in [3.8, 4) is 0 Å². The molecule has 3 nitrogen and oxygen atoms in total. The molecule has 0 aromatic carbocycles. The van der Waals surface area contributed by atoms with Crippen LogP contribution in [0.4, 0.5) is 4.39 Å². The van der Waals surface area contributed by atoms with E-state index in [9.17, 15) is 14.0 Å². The summed E-state index contributed by atoms with van der Waals surface area (Å²) in [7, 11) is 0. The summed E-state index contributed by atoms with van der Waals surface area (Å²) in [5.74, 6) is -1.10. The molecule has 1 atom stereocenters. The first-order valence-corrected chi connectivity index (χ1v) is 2.98. The van der Waals surface area contributed by atoms with Crippen LogP contribution in [0.5, 0.6) is 0 Å². The number of esters is 1. The average Bonchev–Trinajstić information content (AvgIpc) is 1.98. The molecule has 0 bridgehead atoms. The lowest BCUT2D eigenvalue weighted by Crippen LogP contribution is -2.20. The van der Waals surface area contributed by atoms with Crippen molar-refractivity contribution in [1.82, 2.24) is 0 Å². The third kappa shape index (κ3) is 3.17. The number of halogens is 1. The molecule has 0 aliphatic heterocycles. The minimum atomic E-state index is -2.12. The van der Waals surface area contributed by atoms with E-state index in [0.717, 1.165) is 0 Å². The zero-order valence-electron chi connectivity index (χ0n) is 5.67. The molecule has 0 aromatic heterocycles. The molecule has 0 aliphatic rings. The van der Waals surface area contributed by atoms with Crippen molar-refractivity contribution in [3.63, 3.8) is 0 Å². The molecule has 0 fully saturated rings. The third-order valence-corrected chi connectivity index (χ3v) is 0.793. The van der Waals surface area contributed by atoms with Gasteiger partial charge in [0.15, 0.2) is 6.29 Å². The maximum atomic E-state index is 12.0. The van der Waals surface area contributed by atoms with Crippen molar-refractivity contribution in [2.24, 2.45) is 0 Å². The minimum Gasteiger partial charge on any atom is -0.463 e. The van der Waals surface area contributed by atoms with Gasteiger partial charge in [0.2, 0.25) is 0 Å². The van der Waals surface area contributed by atoms with Crippen LogP contribution in [0.3, 0.4) is 0 Å². The maximum Gasteiger partial charge on any atom is 0.348 e. The lowest BCUT2D eigenvalue weighted by Gasteiger charge is -2.00. The number of carbonyl (C=O) groups excluding carboxylic acids is 2. The number of alkyl halides is 1. The second kappa shape index (κ2) is 4.90. The molecule has 1 unspecified atom stereocenters. The number of hydrogen-bond acceptors (Lipinski definition) is 3. The van der Waals surface area contributed by atoms with Crippen LogP contribution >= 0.6 is 0 Å². The largest absolute Gasteiger partial charge is 0.463 e. The van der Waals surface area contributed by atoms with Gasteiger partial charge in [-0.25, -0.2) is 9.18 Å². The van der Waals surface area contributed by atoms with E-state index in [1.165, 1.54) is 0 Å². The predicted molar refractivity (Wildman–Crippen MR) is 32.2 cm³/mol. The highest BCUT2D eigenvalue weighted by molar-refractivity contribution is 5.90. The molecule has 0 saturated heterocycles. The Morgan fingerprint density at radius 3 is 2.80 bits per heavy atom. The summed E-state index contributed by atoms with van der Waals surface area (Å²) < 4.78 is 16.3.